The van der Waals surface area contributed by atoms with Gasteiger partial charge in [-0.2, -0.15) is 0 Å². The second kappa shape index (κ2) is 8.58. The van der Waals surface area contributed by atoms with Crippen LogP contribution in [-0.2, 0) is 28.7 Å². The molecule has 8 heteroatoms. The van der Waals surface area contributed by atoms with Gasteiger partial charge >= 0.3 is 11.9 Å². The van der Waals surface area contributed by atoms with Gasteiger partial charge in [0.15, 0.2) is 0 Å². The van der Waals surface area contributed by atoms with Gasteiger partial charge in [0.05, 0.1) is 12.5 Å². The van der Waals surface area contributed by atoms with Crippen molar-refractivity contribution < 1.29 is 28.7 Å². The normalized spacial score (nSPS) is 16.1. The Labute approximate surface area is 141 Å². The molecule has 8 nitrogen and oxygen atoms in total. The first-order chi connectivity index (χ1) is 11.2. The minimum Gasteiger partial charge on any atom is -0.466 e. The second-order valence-electron chi connectivity index (χ2n) is 6.27. The molecule has 0 unspecified atom stereocenters. The Morgan fingerprint density at radius 2 is 1.54 bits per heavy atom. The molecule has 0 radical (unpaired) electrons. The van der Waals surface area contributed by atoms with Gasteiger partial charge in [-0.3, -0.25) is 9.59 Å². The van der Waals surface area contributed by atoms with E-state index in [9.17, 15) is 19.2 Å². The number of likely N-dealkylation sites (N-methyl/N-ethyl adjacent to an activating group) is 1. The van der Waals surface area contributed by atoms with Crippen LogP contribution < -0.4 is 0 Å². The summed E-state index contributed by atoms with van der Waals surface area (Å²) in [5, 5.41) is 0. The highest BCUT2D eigenvalue weighted by molar-refractivity contribution is 6.38. The summed E-state index contributed by atoms with van der Waals surface area (Å²) in [5.74, 6) is -2.63. The van der Waals surface area contributed by atoms with Crippen LogP contribution in [0.4, 0.5) is 0 Å². The summed E-state index contributed by atoms with van der Waals surface area (Å²) >= 11 is 0. The molecule has 1 heterocycles. The van der Waals surface area contributed by atoms with E-state index in [0.29, 0.717) is 26.2 Å². The predicted molar refractivity (Wildman–Crippen MR) is 85.0 cm³/mol. The van der Waals surface area contributed by atoms with Crippen LogP contribution in [0, 0.1) is 5.41 Å². The van der Waals surface area contributed by atoms with Crippen LogP contribution in [0.3, 0.4) is 0 Å². The molecule has 0 spiro atoms. The third-order valence-corrected chi connectivity index (χ3v) is 3.73. The number of rotatable bonds is 6. The molecule has 1 amide bonds. The average Bonchev–Trinajstić information content (AvgIpc) is 2.57. The molecule has 1 rings (SSSR count). The Morgan fingerprint density at radius 3 is 2.08 bits per heavy atom. The number of hydrogen-bond donors (Lipinski definition) is 0. The molecule has 0 N–H and O–H groups in total. The monoisotopic (exact) mass is 340 g/mol. The van der Waals surface area contributed by atoms with E-state index in [1.54, 1.807) is 13.8 Å². The van der Waals surface area contributed by atoms with Crippen molar-refractivity contribution >= 4 is 23.6 Å². The maximum Gasteiger partial charge on any atom is 0.331 e. The van der Waals surface area contributed by atoms with E-state index in [1.165, 1.54) is 12.0 Å². The lowest BCUT2D eigenvalue weighted by Gasteiger charge is -2.33. The van der Waals surface area contributed by atoms with Crippen LogP contribution >= 0.6 is 0 Å². The van der Waals surface area contributed by atoms with E-state index in [4.69, 9.17) is 4.74 Å². The fourth-order valence-electron chi connectivity index (χ4n) is 2.01. The average molecular weight is 340 g/mol. The third-order valence-electron chi connectivity index (χ3n) is 3.73. The lowest BCUT2D eigenvalue weighted by molar-refractivity contribution is -0.154. The molecule has 0 aromatic rings. The number of piperazine rings is 1. The Morgan fingerprint density at radius 1 is 1.00 bits per heavy atom. The van der Waals surface area contributed by atoms with E-state index < -0.39 is 29.0 Å². The van der Waals surface area contributed by atoms with Crippen molar-refractivity contribution in [3.8, 4) is 0 Å². The molecule has 0 aliphatic carbocycles. The molecule has 1 fully saturated rings. The minimum atomic E-state index is -1.14. The van der Waals surface area contributed by atoms with Gasteiger partial charge in [0.1, 0.15) is 6.61 Å². The summed E-state index contributed by atoms with van der Waals surface area (Å²) in [6.45, 7) is 5.26. The predicted octanol–water partition coefficient (Wildman–Crippen LogP) is -0.372. The minimum absolute atomic E-state index is 0.254. The molecular formula is C16H24N2O6. The number of methoxy groups -OCH3 is 1. The molecule has 24 heavy (non-hydrogen) atoms. The van der Waals surface area contributed by atoms with Crippen LogP contribution in [0.15, 0.2) is 12.2 Å². The summed E-state index contributed by atoms with van der Waals surface area (Å²) < 4.78 is 9.29. The summed E-state index contributed by atoms with van der Waals surface area (Å²) in [6, 6.07) is 0. The maximum atomic E-state index is 12.4. The number of esters is 2. The van der Waals surface area contributed by atoms with Crippen LogP contribution in [0.1, 0.15) is 13.8 Å². The molecule has 0 atom stereocenters. The van der Waals surface area contributed by atoms with Crippen molar-refractivity contribution in [3.63, 3.8) is 0 Å². The first-order valence-electron chi connectivity index (χ1n) is 7.62. The lowest BCUT2D eigenvalue weighted by atomic mass is 9.88. The van der Waals surface area contributed by atoms with Crippen molar-refractivity contribution in [2.24, 2.45) is 5.41 Å². The summed E-state index contributed by atoms with van der Waals surface area (Å²) in [5.41, 5.74) is -1.14. The largest absolute Gasteiger partial charge is 0.466 e. The molecule has 0 saturated carbocycles. The van der Waals surface area contributed by atoms with Gasteiger partial charge in [-0.15, -0.1) is 0 Å². The lowest BCUT2D eigenvalue weighted by Crippen LogP contribution is -2.52. The van der Waals surface area contributed by atoms with Crippen molar-refractivity contribution in [1.29, 1.82) is 0 Å². The molecule has 0 aromatic carbocycles. The van der Waals surface area contributed by atoms with Gasteiger partial charge < -0.3 is 19.3 Å². The number of hydrogen-bond acceptors (Lipinski definition) is 7. The zero-order chi connectivity index (χ0) is 18.3. The first-order valence-corrected chi connectivity index (χ1v) is 7.62. The summed E-state index contributed by atoms with van der Waals surface area (Å²) in [4.78, 5) is 50.7. The third kappa shape index (κ3) is 5.77. The van der Waals surface area contributed by atoms with Crippen LogP contribution in [0.5, 0.6) is 0 Å². The molecule has 0 bridgehead atoms. The number of carbonyl (C=O) groups is 4. The van der Waals surface area contributed by atoms with Crippen LogP contribution in [0.25, 0.3) is 0 Å². The Hall–Kier alpha value is -2.22. The van der Waals surface area contributed by atoms with E-state index in [0.717, 1.165) is 12.2 Å². The highest BCUT2D eigenvalue weighted by Gasteiger charge is 2.37. The molecule has 134 valence electrons. The maximum absolute atomic E-state index is 12.4. The standard InChI is InChI=1S/C16H24N2O6/c1-16(2,11-24-13(20)6-5-12(19)23-4)14(21)15(22)18-9-7-17(3)8-10-18/h5-6H,7-11H2,1-4H3/b6-5+. The van der Waals surface area contributed by atoms with Gasteiger partial charge in [0.2, 0.25) is 5.78 Å². The van der Waals surface area contributed by atoms with E-state index >= 15 is 0 Å². The molecule has 1 aliphatic heterocycles. The van der Waals surface area contributed by atoms with Crippen LogP contribution in [-0.4, -0.2) is 80.4 Å². The molecular weight excluding hydrogens is 316 g/mol. The fraction of sp³-hybridized carbons (Fsp3) is 0.625. The van der Waals surface area contributed by atoms with E-state index in [2.05, 4.69) is 9.64 Å². The highest BCUT2D eigenvalue weighted by Crippen LogP contribution is 2.19. The number of carbonyl (C=O) groups excluding carboxylic acids is 4. The van der Waals surface area contributed by atoms with Crippen molar-refractivity contribution in [2.75, 3.05) is 46.9 Å². The van der Waals surface area contributed by atoms with Crippen LogP contribution in [0.2, 0.25) is 0 Å². The number of nitrogens with zero attached hydrogens (tertiary/aromatic N) is 2. The number of ether oxygens (including phenoxy) is 2. The van der Waals surface area contributed by atoms with E-state index in [-0.39, 0.29) is 6.61 Å². The first kappa shape index (κ1) is 19.8. The number of Topliss-reactive ketones (excluding diaryl/α,β-unsaturated/α-hetero) is 1. The van der Waals surface area contributed by atoms with Gasteiger partial charge in [0.25, 0.3) is 5.91 Å². The van der Waals surface area contributed by atoms with Crippen molar-refractivity contribution in [1.82, 2.24) is 9.80 Å². The quantitative estimate of drug-likeness (QED) is 0.370. The smallest absolute Gasteiger partial charge is 0.331 e. The Bertz CT molecular complexity index is 533. The van der Waals surface area contributed by atoms with Crippen molar-refractivity contribution in [2.45, 2.75) is 13.8 Å². The number of ketones is 1. The summed E-state index contributed by atoms with van der Waals surface area (Å²) in [6.07, 6.45) is 1.83. The van der Waals surface area contributed by atoms with Gasteiger partial charge in [0, 0.05) is 38.3 Å². The Kier molecular flexibility index (Phi) is 7.09. The zero-order valence-corrected chi connectivity index (χ0v) is 14.5. The summed E-state index contributed by atoms with van der Waals surface area (Å²) in [7, 11) is 3.14. The number of amides is 1. The van der Waals surface area contributed by atoms with Crippen molar-refractivity contribution in [3.05, 3.63) is 12.2 Å². The second-order valence-corrected chi connectivity index (χ2v) is 6.27. The fourth-order valence-corrected chi connectivity index (χ4v) is 2.01. The molecule has 1 saturated heterocycles. The highest BCUT2D eigenvalue weighted by atomic mass is 16.5. The SMILES string of the molecule is COC(=O)/C=C/C(=O)OCC(C)(C)C(=O)C(=O)N1CCN(C)CC1. The van der Waals surface area contributed by atoms with Gasteiger partial charge in [-0.25, -0.2) is 9.59 Å². The van der Waals surface area contributed by atoms with E-state index in [1.807, 2.05) is 7.05 Å². The van der Waals surface area contributed by atoms with Gasteiger partial charge in [-0.1, -0.05) is 0 Å². The molecule has 1 aliphatic rings. The topological polar surface area (TPSA) is 93.2 Å². The Balaban J connectivity index is 2.55. The molecule has 0 aromatic heterocycles. The zero-order valence-electron chi connectivity index (χ0n) is 14.5. The van der Waals surface area contributed by atoms with Gasteiger partial charge in [-0.05, 0) is 20.9 Å².